The fourth-order valence-electron chi connectivity index (χ4n) is 2.85. The lowest BCUT2D eigenvalue weighted by Gasteiger charge is -2.10. The summed E-state index contributed by atoms with van der Waals surface area (Å²) >= 11 is 3.26. The maximum atomic E-state index is 12.4. The van der Waals surface area contributed by atoms with Gasteiger partial charge in [0.2, 0.25) is 5.95 Å². The minimum atomic E-state index is -0.534. The van der Waals surface area contributed by atoms with Crippen molar-refractivity contribution < 1.29 is 9.84 Å². The fraction of sp³-hybridized carbons (Fsp3) is 0.333. The molecule has 0 spiro atoms. The minimum absolute atomic E-state index is 0.00326. The predicted octanol–water partition coefficient (Wildman–Crippen LogP) is 2.00. The number of anilines is 1. The molecule has 0 fully saturated rings. The van der Waals surface area contributed by atoms with Crippen molar-refractivity contribution in [3.63, 3.8) is 0 Å². The van der Waals surface area contributed by atoms with Crippen LogP contribution in [-0.2, 0) is 13.6 Å². The lowest BCUT2D eigenvalue weighted by molar-refractivity contribution is 0.372. The third-order valence-corrected chi connectivity index (χ3v) is 4.81. The molecule has 2 aromatic heterocycles. The van der Waals surface area contributed by atoms with Crippen LogP contribution in [0.4, 0.5) is 5.95 Å². The number of aryl methyl sites for hydroxylation is 1. The molecule has 29 heavy (non-hydrogen) atoms. The van der Waals surface area contributed by atoms with Crippen LogP contribution in [0, 0.1) is 5.92 Å². The van der Waals surface area contributed by atoms with Gasteiger partial charge < -0.3 is 14.4 Å². The Kier molecular flexibility index (Phi) is 5.78. The summed E-state index contributed by atoms with van der Waals surface area (Å²) in [6.07, 6.45) is 1.52. The average molecular weight is 465 g/mol. The standard InChI is InChI=1S/C18H21BrN6O4/c1-9(2)8-25-13-15(24(3)18(28)22-16(13)27)21-17(25)23-20-7-10-5-11(19)14(26)12(6-10)29-4/h5-7,9,26H,8H2,1-4H3,(H,21,23)(H,22,27,28)/b20-7+. The molecule has 3 aromatic rings. The molecule has 0 saturated carbocycles. The number of rotatable bonds is 6. The Balaban J connectivity index is 2.02. The molecule has 1 aromatic carbocycles. The van der Waals surface area contributed by atoms with E-state index in [1.54, 1.807) is 23.7 Å². The van der Waals surface area contributed by atoms with Crippen LogP contribution in [-0.4, -0.2) is 37.5 Å². The van der Waals surface area contributed by atoms with Crippen molar-refractivity contribution >= 4 is 39.3 Å². The van der Waals surface area contributed by atoms with Gasteiger partial charge in [-0.1, -0.05) is 13.8 Å². The third-order valence-electron chi connectivity index (χ3n) is 4.20. The fourth-order valence-corrected chi connectivity index (χ4v) is 3.31. The van der Waals surface area contributed by atoms with E-state index in [4.69, 9.17) is 4.74 Å². The Morgan fingerprint density at radius 2 is 2.14 bits per heavy atom. The highest BCUT2D eigenvalue weighted by Gasteiger charge is 2.17. The second-order valence-electron chi connectivity index (χ2n) is 6.85. The van der Waals surface area contributed by atoms with Crippen molar-refractivity contribution in [2.24, 2.45) is 18.1 Å². The number of hydrogen-bond acceptors (Lipinski definition) is 7. The lowest BCUT2D eigenvalue weighted by Crippen LogP contribution is -2.29. The molecule has 3 rings (SSSR count). The van der Waals surface area contributed by atoms with Crippen molar-refractivity contribution in [2.75, 3.05) is 12.5 Å². The van der Waals surface area contributed by atoms with Crippen molar-refractivity contribution in [3.8, 4) is 11.5 Å². The van der Waals surface area contributed by atoms with Crippen LogP contribution in [0.3, 0.4) is 0 Å². The second-order valence-corrected chi connectivity index (χ2v) is 7.71. The van der Waals surface area contributed by atoms with E-state index in [0.717, 1.165) is 0 Å². The molecule has 2 heterocycles. The first-order valence-corrected chi connectivity index (χ1v) is 9.57. The van der Waals surface area contributed by atoms with E-state index in [9.17, 15) is 14.7 Å². The van der Waals surface area contributed by atoms with E-state index < -0.39 is 11.2 Å². The number of H-pyrrole nitrogens is 1. The summed E-state index contributed by atoms with van der Waals surface area (Å²) in [5, 5.41) is 14.1. The molecule has 0 aliphatic rings. The van der Waals surface area contributed by atoms with Gasteiger partial charge >= 0.3 is 5.69 Å². The van der Waals surface area contributed by atoms with Crippen LogP contribution in [0.5, 0.6) is 11.5 Å². The first-order chi connectivity index (χ1) is 13.7. The van der Waals surface area contributed by atoms with Gasteiger partial charge in [0, 0.05) is 13.6 Å². The van der Waals surface area contributed by atoms with Crippen LogP contribution >= 0.6 is 15.9 Å². The highest BCUT2D eigenvalue weighted by molar-refractivity contribution is 9.10. The highest BCUT2D eigenvalue weighted by Crippen LogP contribution is 2.34. The van der Waals surface area contributed by atoms with E-state index in [2.05, 4.69) is 36.4 Å². The molecular weight excluding hydrogens is 444 g/mol. The number of phenols is 1. The highest BCUT2D eigenvalue weighted by atomic mass is 79.9. The number of methoxy groups -OCH3 is 1. The predicted molar refractivity (Wildman–Crippen MR) is 114 cm³/mol. The normalized spacial score (nSPS) is 11.7. The summed E-state index contributed by atoms with van der Waals surface area (Å²) in [7, 11) is 3.00. The topological polar surface area (TPSA) is 127 Å². The molecule has 154 valence electrons. The van der Waals surface area contributed by atoms with Gasteiger partial charge in [-0.3, -0.25) is 14.3 Å². The van der Waals surface area contributed by atoms with Crippen LogP contribution in [0.1, 0.15) is 19.4 Å². The zero-order valence-corrected chi connectivity index (χ0v) is 17.9. The van der Waals surface area contributed by atoms with Crippen LogP contribution < -0.4 is 21.4 Å². The molecule has 10 nitrogen and oxygen atoms in total. The molecule has 0 bridgehead atoms. The largest absolute Gasteiger partial charge is 0.503 e. The quantitative estimate of drug-likeness (QED) is 0.378. The molecule has 0 radical (unpaired) electrons. The molecule has 0 atom stereocenters. The number of ether oxygens (including phenoxy) is 1. The van der Waals surface area contributed by atoms with Crippen LogP contribution in [0.25, 0.3) is 11.2 Å². The van der Waals surface area contributed by atoms with Crippen molar-refractivity contribution in [1.29, 1.82) is 0 Å². The second kappa shape index (κ2) is 8.11. The van der Waals surface area contributed by atoms with E-state index in [1.807, 2.05) is 13.8 Å². The minimum Gasteiger partial charge on any atom is -0.503 e. The summed E-state index contributed by atoms with van der Waals surface area (Å²) in [5.74, 6) is 0.859. The number of aromatic amines is 1. The van der Waals surface area contributed by atoms with Gasteiger partial charge in [0.1, 0.15) is 0 Å². The number of phenolic OH excluding ortho intramolecular Hbond substituents is 1. The van der Waals surface area contributed by atoms with E-state index >= 15 is 0 Å². The zero-order chi connectivity index (χ0) is 21.3. The average Bonchev–Trinajstić information content (AvgIpc) is 3.01. The summed E-state index contributed by atoms with van der Waals surface area (Å²) in [6, 6.07) is 3.30. The molecule has 0 unspecified atom stereocenters. The Morgan fingerprint density at radius 1 is 1.41 bits per heavy atom. The number of fused-ring (bicyclic) bond motifs is 1. The molecule has 0 aliphatic carbocycles. The SMILES string of the molecule is COc1cc(/C=N/Nc2nc3c(c(=O)[nH]c(=O)n3C)n2CC(C)C)cc(Br)c1O. The zero-order valence-electron chi connectivity index (χ0n) is 16.4. The van der Waals surface area contributed by atoms with E-state index in [-0.39, 0.29) is 17.3 Å². The monoisotopic (exact) mass is 464 g/mol. The first-order valence-electron chi connectivity index (χ1n) is 8.78. The number of nitrogens with one attached hydrogen (secondary N) is 2. The van der Waals surface area contributed by atoms with E-state index in [1.165, 1.54) is 17.9 Å². The van der Waals surface area contributed by atoms with Gasteiger partial charge in [0.25, 0.3) is 5.56 Å². The smallest absolute Gasteiger partial charge is 0.329 e. The van der Waals surface area contributed by atoms with E-state index in [0.29, 0.717) is 33.8 Å². The molecule has 0 amide bonds. The first kappa shape index (κ1) is 20.6. The molecule has 3 N–H and O–H groups in total. The number of imidazole rings is 1. The molecule has 0 saturated heterocycles. The third kappa shape index (κ3) is 4.04. The lowest BCUT2D eigenvalue weighted by atomic mass is 10.2. The number of aromatic nitrogens is 4. The number of hydrogen-bond donors (Lipinski definition) is 3. The molecular formula is C18H21BrN6O4. The molecule has 0 aliphatic heterocycles. The summed E-state index contributed by atoms with van der Waals surface area (Å²) in [5.41, 5.74) is 3.03. The Bertz CT molecular complexity index is 1210. The number of nitrogens with zero attached hydrogens (tertiary/aromatic N) is 4. The number of hydrazone groups is 1. The Labute approximate surface area is 174 Å². The maximum absolute atomic E-state index is 12.4. The summed E-state index contributed by atoms with van der Waals surface area (Å²) in [6.45, 7) is 4.53. The summed E-state index contributed by atoms with van der Waals surface area (Å²) < 4.78 is 8.57. The summed E-state index contributed by atoms with van der Waals surface area (Å²) in [4.78, 5) is 30.9. The number of benzene rings is 1. The van der Waals surface area contributed by atoms with Crippen LogP contribution in [0.15, 0.2) is 31.3 Å². The van der Waals surface area contributed by atoms with Gasteiger partial charge in [-0.2, -0.15) is 10.1 Å². The van der Waals surface area contributed by atoms with Crippen LogP contribution in [0.2, 0.25) is 0 Å². The van der Waals surface area contributed by atoms with Crippen molar-refractivity contribution in [2.45, 2.75) is 20.4 Å². The number of halogens is 1. The Hall–Kier alpha value is -3.08. The van der Waals surface area contributed by atoms with Gasteiger partial charge in [0.05, 0.1) is 17.8 Å². The van der Waals surface area contributed by atoms with Gasteiger partial charge in [-0.15, -0.1) is 0 Å². The van der Waals surface area contributed by atoms with Crippen molar-refractivity contribution in [3.05, 3.63) is 43.0 Å². The number of aromatic hydroxyl groups is 1. The Morgan fingerprint density at radius 3 is 2.79 bits per heavy atom. The van der Waals surface area contributed by atoms with Crippen molar-refractivity contribution in [1.82, 2.24) is 19.1 Å². The van der Waals surface area contributed by atoms with Gasteiger partial charge in [0.15, 0.2) is 22.7 Å². The van der Waals surface area contributed by atoms with Gasteiger partial charge in [-0.05, 0) is 39.5 Å². The maximum Gasteiger partial charge on any atom is 0.329 e. The molecule has 11 heteroatoms. The van der Waals surface area contributed by atoms with Gasteiger partial charge in [-0.25, -0.2) is 10.2 Å².